The fourth-order valence-corrected chi connectivity index (χ4v) is 2.48. The number of benzene rings is 1. The molecule has 0 saturated carbocycles. The molecule has 0 bridgehead atoms. The lowest BCUT2D eigenvalue weighted by Crippen LogP contribution is -2.05. The van der Waals surface area contributed by atoms with E-state index in [1.54, 1.807) is 26.0 Å². The summed E-state index contributed by atoms with van der Waals surface area (Å²) >= 11 is 0. The first-order valence-electron chi connectivity index (χ1n) is 6.93. The van der Waals surface area contributed by atoms with Crippen molar-refractivity contribution in [3.8, 4) is 5.69 Å². The zero-order chi connectivity index (χ0) is 15.6. The number of carbonyl (C=O) groups excluding carboxylic acids is 2. The number of aromatic nitrogens is 1. The van der Waals surface area contributed by atoms with Crippen molar-refractivity contribution in [3.63, 3.8) is 0 Å². The fourth-order valence-electron chi connectivity index (χ4n) is 2.48. The second kappa shape index (κ2) is 5.95. The molecule has 0 aliphatic carbocycles. The molecule has 0 spiro atoms. The van der Waals surface area contributed by atoms with Crippen LogP contribution in [-0.4, -0.2) is 22.9 Å². The lowest BCUT2D eigenvalue weighted by molar-refractivity contribution is 0.0526. The molecule has 21 heavy (non-hydrogen) atoms. The van der Waals surface area contributed by atoms with E-state index in [4.69, 9.17) is 4.74 Å². The van der Waals surface area contributed by atoms with Gasteiger partial charge in [-0.25, -0.2) is 4.79 Å². The Morgan fingerprint density at radius 1 is 1.14 bits per heavy atom. The zero-order valence-corrected chi connectivity index (χ0v) is 12.8. The van der Waals surface area contributed by atoms with Crippen molar-refractivity contribution in [1.82, 2.24) is 4.57 Å². The maximum absolute atomic E-state index is 11.6. The number of nitrogens with zero attached hydrogens (tertiary/aromatic N) is 1. The van der Waals surface area contributed by atoms with Gasteiger partial charge >= 0.3 is 5.97 Å². The molecule has 2 aromatic rings. The Balaban J connectivity index is 2.40. The van der Waals surface area contributed by atoms with Gasteiger partial charge in [0.2, 0.25) is 0 Å². The van der Waals surface area contributed by atoms with E-state index in [2.05, 4.69) is 0 Å². The third kappa shape index (κ3) is 2.89. The predicted molar refractivity (Wildman–Crippen MR) is 81.2 cm³/mol. The Morgan fingerprint density at radius 2 is 1.76 bits per heavy atom. The van der Waals surface area contributed by atoms with Crippen LogP contribution in [-0.2, 0) is 4.74 Å². The molecule has 0 amide bonds. The molecule has 0 atom stereocenters. The van der Waals surface area contributed by atoms with Gasteiger partial charge < -0.3 is 9.30 Å². The summed E-state index contributed by atoms with van der Waals surface area (Å²) in [5.74, 6) is -0.271. The standard InChI is InChI=1S/C17H19NO3/c1-5-21-17(20)14-6-8-15(9-7-14)18-11(2)10-16(12(18)3)13(4)19/h6-10H,5H2,1-4H3. The molecule has 0 unspecified atom stereocenters. The normalized spacial score (nSPS) is 10.5. The fraction of sp³-hybridized carbons (Fsp3) is 0.294. The molecule has 2 rings (SSSR count). The summed E-state index contributed by atoms with van der Waals surface area (Å²) < 4.78 is 6.97. The van der Waals surface area contributed by atoms with Gasteiger partial charge in [0.1, 0.15) is 0 Å². The third-order valence-electron chi connectivity index (χ3n) is 3.45. The van der Waals surface area contributed by atoms with Crippen LogP contribution in [0.1, 0.15) is 46.0 Å². The van der Waals surface area contributed by atoms with E-state index in [1.807, 2.05) is 36.6 Å². The van der Waals surface area contributed by atoms with Gasteiger partial charge in [-0.15, -0.1) is 0 Å². The van der Waals surface area contributed by atoms with Crippen LogP contribution in [0.4, 0.5) is 0 Å². The summed E-state index contributed by atoms with van der Waals surface area (Å²) in [4.78, 5) is 23.3. The first-order chi connectivity index (χ1) is 9.95. The Kier molecular flexibility index (Phi) is 4.26. The lowest BCUT2D eigenvalue weighted by atomic mass is 10.2. The minimum atomic E-state index is -0.325. The van der Waals surface area contributed by atoms with Crippen LogP contribution in [0.3, 0.4) is 0 Å². The number of ketones is 1. The quantitative estimate of drug-likeness (QED) is 0.638. The van der Waals surface area contributed by atoms with Crippen molar-refractivity contribution in [2.75, 3.05) is 6.61 Å². The molecular formula is C17H19NO3. The summed E-state index contributed by atoms with van der Waals surface area (Å²) in [6.07, 6.45) is 0. The number of ether oxygens (including phenoxy) is 1. The van der Waals surface area contributed by atoms with E-state index in [-0.39, 0.29) is 11.8 Å². The second-order valence-electron chi connectivity index (χ2n) is 4.94. The summed E-state index contributed by atoms with van der Waals surface area (Å²) in [6.45, 7) is 7.58. The van der Waals surface area contributed by atoms with E-state index in [0.717, 1.165) is 22.6 Å². The molecule has 1 aromatic heterocycles. The number of aryl methyl sites for hydroxylation is 1. The minimum Gasteiger partial charge on any atom is -0.462 e. The van der Waals surface area contributed by atoms with Gasteiger partial charge in [0.15, 0.2) is 5.78 Å². The molecule has 110 valence electrons. The van der Waals surface area contributed by atoms with Crippen LogP contribution in [0.5, 0.6) is 0 Å². The monoisotopic (exact) mass is 285 g/mol. The van der Waals surface area contributed by atoms with Gasteiger partial charge in [0.05, 0.1) is 12.2 Å². The van der Waals surface area contributed by atoms with E-state index >= 15 is 0 Å². The largest absolute Gasteiger partial charge is 0.462 e. The maximum Gasteiger partial charge on any atom is 0.338 e. The third-order valence-corrected chi connectivity index (χ3v) is 3.45. The topological polar surface area (TPSA) is 48.3 Å². The van der Waals surface area contributed by atoms with Crippen LogP contribution in [0, 0.1) is 13.8 Å². The average Bonchev–Trinajstić information content (AvgIpc) is 2.75. The highest BCUT2D eigenvalue weighted by Gasteiger charge is 2.14. The maximum atomic E-state index is 11.6. The molecule has 0 aliphatic heterocycles. The average molecular weight is 285 g/mol. The predicted octanol–water partition coefficient (Wildman–Crippen LogP) is 3.47. The molecule has 0 fully saturated rings. The summed E-state index contributed by atoms with van der Waals surface area (Å²) in [6, 6.07) is 9.07. The molecule has 0 N–H and O–H groups in total. The van der Waals surface area contributed by atoms with E-state index < -0.39 is 0 Å². The SMILES string of the molecule is CCOC(=O)c1ccc(-n2c(C)cc(C(C)=O)c2C)cc1. The summed E-state index contributed by atoms with van der Waals surface area (Å²) in [7, 11) is 0. The van der Waals surface area contributed by atoms with E-state index in [0.29, 0.717) is 12.2 Å². The molecular weight excluding hydrogens is 266 g/mol. The van der Waals surface area contributed by atoms with Crippen molar-refractivity contribution in [2.24, 2.45) is 0 Å². The van der Waals surface area contributed by atoms with E-state index in [9.17, 15) is 9.59 Å². The van der Waals surface area contributed by atoms with Crippen molar-refractivity contribution in [2.45, 2.75) is 27.7 Å². The molecule has 0 saturated heterocycles. The van der Waals surface area contributed by atoms with Crippen molar-refractivity contribution in [1.29, 1.82) is 0 Å². The Morgan fingerprint density at radius 3 is 2.24 bits per heavy atom. The Labute approximate surface area is 124 Å². The van der Waals surface area contributed by atoms with Crippen molar-refractivity contribution in [3.05, 3.63) is 52.8 Å². The number of esters is 1. The lowest BCUT2D eigenvalue weighted by Gasteiger charge is -2.10. The Bertz CT molecular complexity index is 681. The number of carbonyl (C=O) groups is 2. The van der Waals surface area contributed by atoms with Gasteiger partial charge in [0, 0.05) is 22.6 Å². The van der Waals surface area contributed by atoms with Crippen LogP contribution in [0.2, 0.25) is 0 Å². The van der Waals surface area contributed by atoms with Gasteiger partial charge in [-0.2, -0.15) is 0 Å². The minimum absolute atomic E-state index is 0.0532. The number of hydrogen-bond donors (Lipinski definition) is 0. The first-order valence-corrected chi connectivity index (χ1v) is 6.93. The molecule has 0 aliphatic rings. The molecule has 4 heteroatoms. The number of hydrogen-bond acceptors (Lipinski definition) is 3. The molecule has 1 aromatic carbocycles. The van der Waals surface area contributed by atoms with Crippen LogP contribution >= 0.6 is 0 Å². The van der Waals surface area contributed by atoms with Crippen molar-refractivity contribution < 1.29 is 14.3 Å². The molecule has 4 nitrogen and oxygen atoms in total. The molecule has 0 radical (unpaired) electrons. The van der Waals surface area contributed by atoms with Crippen LogP contribution in [0.15, 0.2) is 30.3 Å². The second-order valence-corrected chi connectivity index (χ2v) is 4.94. The summed E-state index contributed by atoms with van der Waals surface area (Å²) in [5.41, 5.74) is 4.06. The Hall–Kier alpha value is -2.36. The highest BCUT2D eigenvalue weighted by molar-refractivity contribution is 5.95. The highest BCUT2D eigenvalue weighted by Crippen LogP contribution is 2.21. The van der Waals surface area contributed by atoms with Crippen LogP contribution in [0.25, 0.3) is 5.69 Å². The van der Waals surface area contributed by atoms with Crippen LogP contribution < -0.4 is 0 Å². The molecule has 1 heterocycles. The smallest absolute Gasteiger partial charge is 0.338 e. The summed E-state index contributed by atoms with van der Waals surface area (Å²) in [5, 5.41) is 0. The zero-order valence-electron chi connectivity index (χ0n) is 12.8. The van der Waals surface area contributed by atoms with Gasteiger partial charge in [-0.3, -0.25) is 4.79 Å². The van der Waals surface area contributed by atoms with Crippen molar-refractivity contribution >= 4 is 11.8 Å². The highest BCUT2D eigenvalue weighted by atomic mass is 16.5. The number of rotatable bonds is 4. The van der Waals surface area contributed by atoms with Gasteiger partial charge in [-0.1, -0.05) is 0 Å². The van der Waals surface area contributed by atoms with Gasteiger partial charge in [0.25, 0.3) is 0 Å². The van der Waals surface area contributed by atoms with Gasteiger partial charge in [-0.05, 0) is 58.0 Å². The first kappa shape index (κ1) is 15.0. The number of Topliss-reactive ketones (excluding diaryl/α,β-unsaturated/α-hetero) is 1. The van der Waals surface area contributed by atoms with E-state index in [1.165, 1.54) is 0 Å².